The molecule has 3 heterocycles. The van der Waals surface area contributed by atoms with Crippen molar-refractivity contribution in [3.05, 3.63) is 47.3 Å². The lowest BCUT2D eigenvalue weighted by Crippen LogP contribution is -2.34. The van der Waals surface area contributed by atoms with Crippen molar-refractivity contribution < 1.29 is 8.42 Å². The van der Waals surface area contributed by atoms with Crippen LogP contribution < -0.4 is 9.80 Å². The highest BCUT2D eigenvalue weighted by Crippen LogP contribution is 2.27. The average molecular weight is 372 g/mol. The van der Waals surface area contributed by atoms with Crippen LogP contribution in [0.3, 0.4) is 0 Å². The molecule has 1 fully saturated rings. The van der Waals surface area contributed by atoms with Gasteiger partial charge >= 0.3 is 0 Å². The van der Waals surface area contributed by atoms with Gasteiger partial charge in [0, 0.05) is 32.2 Å². The molecular formula is C19H24N4O2S. The third-order valence-electron chi connectivity index (χ3n) is 5.38. The monoisotopic (exact) mass is 372 g/mol. The molecule has 1 aromatic carbocycles. The summed E-state index contributed by atoms with van der Waals surface area (Å²) in [6.45, 7) is 3.66. The van der Waals surface area contributed by atoms with Gasteiger partial charge in [-0.05, 0) is 30.9 Å². The summed E-state index contributed by atoms with van der Waals surface area (Å²) in [5.41, 5.74) is 2.75. The van der Waals surface area contributed by atoms with Crippen molar-refractivity contribution in [3.63, 3.8) is 0 Å². The van der Waals surface area contributed by atoms with Gasteiger partial charge in [-0.3, -0.25) is 0 Å². The molecule has 0 amide bonds. The number of benzene rings is 1. The van der Waals surface area contributed by atoms with E-state index in [-0.39, 0.29) is 17.5 Å². The van der Waals surface area contributed by atoms with Crippen LogP contribution in [0.5, 0.6) is 0 Å². The van der Waals surface area contributed by atoms with E-state index in [1.165, 1.54) is 11.1 Å². The minimum Gasteiger partial charge on any atom is -0.355 e. The van der Waals surface area contributed by atoms with Gasteiger partial charge < -0.3 is 9.80 Å². The molecule has 2 aromatic rings. The zero-order valence-electron chi connectivity index (χ0n) is 15.2. The van der Waals surface area contributed by atoms with Crippen molar-refractivity contribution in [2.45, 2.75) is 32.4 Å². The first kappa shape index (κ1) is 17.3. The van der Waals surface area contributed by atoms with Gasteiger partial charge in [-0.25, -0.2) is 18.4 Å². The number of aryl methyl sites for hydroxylation is 1. The van der Waals surface area contributed by atoms with Gasteiger partial charge in [0.15, 0.2) is 9.84 Å². The van der Waals surface area contributed by atoms with Gasteiger partial charge in [0.05, 0.1) is 11.5 Å². The number of hydrogen-bond acceptors (Lipinski definition) is 6. The number of hydrogen-bond donors (Lipinski definition) is 0. The molecule has 0 aliphatic carbocycles. The molecule has 0 radical (unpaired) electrons. The summed E-state index contributed by atoms with van der Waals surface area (Å²) in [7, 11) is -0.985. The van der Waals surface area contributed by atoms with Crippen LogP contribution in [0, 0.1) is 6.92 Å². The van der Waals surface area contributed by atoms with Gasteiger partial charge in [-0.1, -0.05) is 24.3 Å². The molecule has 4 rings (SSSR count). The molecule has 1 aromatic heterocycles. The van der Waals surface area contributed by atoms with E-state index in [1.54, 1.807) is 0 Å². The van der Waals surface area contributed by atoms with E-state index in [4.69, 9.17) is 0 Å². The fraction of sp³-hybridized carbons (Fsp3) is 0.474. The van der Waals surface area contributed by atoms with Crippen molar-refractivity contribution >= 4 is 21.5 Å². The molecular weight excluding hydrogens is 348 g/mol. The van der Waals surface area contributed by atoms with Crippen molar-refractivity contribution in [1.29, 1.82) is 0 Å². The predicted octanol–water partition coefficient (Wildman–Crippen LogP) is 1.97. The third-order valence-corrected chi connectivity index (χ3v) is 7.13. The predicted molar refractivity (Wildman–Crippen MR) is 103 cm³/mol. The Morgan fingerprint density at radius 3 is 2.69 bits per heavy atom. The number of nitrogens with zero attached hydrogens (tertiary/aromatic N) is 4. The highest BCUT2D eigenvalue weighted by molar-refractivity contribution is 7.91. The number of fused-ring (bicyclic) bond motifs is 1. The van der Waals surface area contributed by atoms with Gasteiger partial charge in [-0.2, -0.15) is 0 Å². The molecule has 2 aliphatic heterocycles. The molecule has 0 bridgehead atoms. The topological polar surface area (TPSA) is 66.4 Å². The first-order chi connectivity index (χ1) is 12.4. The van der Waals surface area contributed by atoms with Crippen molar-refractivity contribution in [3.8, 4) is 0 Å². The van der Waals surface area contributed by atoms with E-state index in [0.717, 1.165) is 31.1 Å². The Kier molecular flexibility index (Phi) is 4.34. The average Bonchev–Trinajstić information content (AvgIpc) is 3.00. The molecule has 1 unspecified atom stereocenters. The van der Waals surface area contributed by atoms with Crippen molar-refractivity contribution in [1.82, 2.24) is 9.97 Å². The Bertz CT molecular complexity index is 929. The first-order valence-electron chi connectivity index (χ1n) is 9.02. The Balaban J connectivity index is 1.59. The molecule has 0 spiro atoms. The lowest BCUT2D eigenvalue weighted by Gasteiger charge is -2.31. The molecule has 0 saturated carbocycles. The molecule has 2 aliphatic rings. The van der Waals surface area contributed by atoms with Gasteiger partial charge in [0.25, 0.3) is 0 Å². The molecule has 0 N–H and O–H groups in total. The summed E-state index contributed by atoms with van der Waals surface area (Å²) in [5.74, 6) is 2.90. The second-order valence-electron chi connectivity index (χ2n) is 7.24. The molecule has 1 saturated heterocycles. The van der Waals surface area contributed by atoms with Crippen LogP contribution in [0.15, 0.2) is 30.3 Å². The molecule has 6 nitrogen and oxygen atoms in total. The fourth-order valence-electron chi connectivity index (χ4n) is 3.84. The van der Waals surface area contributed by atoms with Crippen LogP contribution in [0.4, 0.5) is 11.6 Å². The normalized spacial score (nSPS) is 21.5. The van der Waals surface area contributed by atoms with Crippen LogP contribution in [-0.4, -0.2) is 49.5 Å². The molecule has 138 valence electrons. The zero-order chi connectivity index (χ0) is 18.3. The van der Waals surface area contributed by atoms with Crippen LogP contribution in [0.2, 0.25) is 0 Å². The minimum absolute atomic E-state index is 0.00997. The SMILES string of the molecule is Cc1nc(N2CCc3ccccc3C2)cc(N(C)C2CCS(=O)(=O)C2)n1. The standard InChI is InChI=1S/C19H24N4O2S/c1-14-20-18(22(2)17-8-10-26(24,25)13-17)11-19(21-14)23-9-7-15-5-3-4-6-16(15)12-23/h3-6,11,17H,7-10,12-13H2,1-2H3. The second-order valence-corrected chi connectivity index (χ2v) is 9.47. The largest absolute Gasteiger partial charge is 0.355 e. The minimum atomic E-state index is -2.92. The van der Waals surface area contributed by atoms with E-state index >= 15 is 0 Å². The zero-order valence-corrected chi connectivity index (χ0v) is 16.0. The number of anilines is 2. The molecule has 7 heteroatoms. The Morgan fingerprint density at radius 1 is 1.19 bits per heavy atom. The maximum absolute atomic E-state index is 11.8. The lowest BCUT2D eigenvalue weighted by molar-refractivity contribution is 0.600. The quantitative estimate of drug-likeness (QED) is 0.821. The van der Waals surface area contributed by atoms with Crippen LogP contribution >= 0.6 is 0 Å². The third kappa shape index (κ3) is 3.40. The van der Waals surface area contributed by atoms with E-state index in [1.807, 2.05) is 24.9 Å². The second kappa shape index (κ2) is 6.54. The van der Waals surface area contributed by atoms with Gasteiger partial charge in [-0.15, -0.1) is 0 Å². The molecule has 1 atom stereocenters. The van der Waals surface area contributed by atoms with E-state index < -0.39 is 9.84 Å². The summed E-state index contributed by atoms with van der Waals surface area (Å²) in [6, 6.07) is 10.5. The van der Waals surface area contributed by atoms with E-state index in [9.17, 15) is 8.42 Å². The Morgan fingerprint density at radius 2 is 1.96 bits per heavy atom. The van der Waals surface area contributed by atoms with E-state index in [2.05, 4.69) is 39.1 Å². The smallest absolute Gasteiger partial charge is 0.152 e. The van der Waals surface area contributed by atoms with Gasteiger partial charge in [0.2, 0.25) is 0 Å². The summed E-state index contributed by atoms with van der Waals surface area (Å²) in [4.78, 5) is 13.5. The number of aromatic nitrogens is 2. The highest BCUT2D eigenvalue weighted by Gasteiger charge is 2.31. The maximum Gasteiger partial charge on any atom is 0.152 e. The van der Waals surface area contributed by atoms with Crippen LogP contribution in [0.25, 0.3) is 0 Å². The molecule has 26 heavy (non-hydrogen) atoms. The van der Waals surface area contributed by atoms with Crippen molar-refractivity contribution in [2.75, 3.05) is 34.9 Å². The highest BCUT2D eigenvalue weighted by atomic mass is 32.2. The number of sulfone groups is 1. The number of rotatable bonds is 3. The summed E-state index contributed by atoms with van der Waals surface area (Å²) in [5, 5.41) is 0. The Hall–Kier alpha value is -2.15. The van der Waals surface area contributed by atoms with Crippen LogP contribution in [0.1, 0.15) is 23.4 Å². The van der Waals surface area contributed by atoms with Crippen molar-refractivity contribution in [2.24, 2.45) is 0 Å². The van der Waals surface area contributed by atoms with Crippen LogP contribution in [-0.2, 0) is 22.8 Å². The first-order valence-corrected chi connectivity index (χ1v) is 10.8. The maximum atomic E-state index is 11.8. The summed E-state index contributed by atoms with van der Waals surface area (Å²) in [6.07, 6.45) is 1.67. The fourth-order valence-corrected chi connectivity index (χ4v) is 5.61. The Labute approximate surface area is 154 Å². The lowest BCUT2D eigenvalue weighted by atomic mass is 10.00. The van der Waals surface area contributed by atoms with Gasteiger partial charge in [0.1, 0.15) is 17.5 Å². The summed E-state index contributed by atoms with van der Waals surface area (Å²) >= 11 is 0. The van der Waals surface area contributed by atoms with E-state index in [0.29, 0.717) is 12.2 Å². The summed E-state index contributed by atoms with van der Waals surface area (Å²) < 4.78 is 23.6.